The molecule has 0 fully saturated rings. The van der Waals surface area contributed by atoms with Gasteiger partial charge in [-0.05, 0) is 31.2 Å². The van der Waals surface area contributed by atoms with Gasteiger partial charge in [0, 0.05) is 0 Å². The number of rotatable bonds is 4. The van der Waals surface area contributed by atoms with E-state index in [1.54, 1.807) is 0 Å². The Morgan fingerprint density at radius 3 is 2.36 bits per heavy atom. The number of benzene rings is 1. The molecule has 1 aromatic carbocycles. The third-order valence-electron chi connectivity index (χ3n) is 2.81. The molecule has 0 bridgehead atoms. The maximum Gasteiger partial charge on any atom is -0.0194 e. The van der Waals surface area contributed by atoms with Crippen molar-refractivity contribution >= 4 is 0 Å². The zero-order valence-corrected chi connectivity index (χ0v) is 9.51. The molecule has 0 aliphatic rings. The van der Waals surface area contributed by atoms with Gasteiger partial charge in [0.25, 0.3) is 0 Å². The van der Waals surface area contributed by atoms with Crippen LogP contribution in [0.5, 0.6) is 0 Å². The maximum absolute atomic E-state index is 4.09. The quantitative estimate of drug-likeness (QED) is 0.623. The predicted octanol–water partition coefficient (Wildman–Crippen LogP) is 4.14. The molecule has 0 aliphatic carbocycles. The number of allylic oxidation sites excluding steroid dienone is 1. The van der Waals surface area contributed by atoms with Gasteiger partial charge in [0.2, 0.25) is 0 Å². The lowest BCUT2D eigenvalue weighted by molar-refractivity contribution is 0.656. The van der Waals surface area contributed by atoms with Gasteiger partial charge in [-0.25, -0.2) is 0 Å². The molecule has 1 unspecified atom stereocenters. The highest BCUT2D eigenvalue weighted by atomic mass is 14.1. The van der Waals surface area contributed by atoms with Crippen LogP contribution in [0.3, 0.4) is 0 Å². The first-order chi connectivity index (χ1) is 6.63. The largest absolute Gasteiger partial charge is 0.0996 e. The smallest absolute Gasteiger partial charge is 0.0194 e. The lowest BCUT2D eigenvalue weighted by Gasteiger charge is -2.13. The van der Waals surface area contributed by atoms with E-state index < -0.39 is 0 Å². The van der Waals surface area contributed by atoms with Crippen molar-refractivity contribution in [1.29, 1.82) is 0 Å². The van der Waals surface area contributed by atoms with E-state index in [0.29, 0.717) is 5.92 Å². The molecule has 0 saturated heterocycles. The maximum atomic E-state index is 4.09. The van der Waals surface area contributed by atoms with Gasteiger partial charge < -0.3 is 0 Å². The topological polar surface area (TPSA) is 0 Å². The summed E-state index contributed by atoms with van der Waals surface area (Å²) in [6, 6.07) is 8.79. The Balaban J connectivity index is 2.60. The van der Waals surface area contributed by atoms with Crippen molar-refractivity contribution in [3.8, 4) is 0 Å². The molecule has 0 amide bonds. The second-order valence-electron chi connectivity index (χ2n) is 4.10. The summed E-state index contributed by atoms with van der Waals surface area (Å²) in [4.78, 5) is 0. The van der Waals surface area contributed by atoms with Crippen LogP contribution in [-0.4, -0.2) is 0 Å². The van der Waals surface area contributed by atoms with Crippen LogP contribution < -0.4 is 0 Å². The highest BCUT2D eigenvalue weighted by Gasteiger charge is 2.05. The summed E-state index contributed by atoms with van der Waals surface area (Å²) < 4.78 is 0. The minimum atomic E-state index is 0.600. The second-order valence-corrected chi connectivity index (χ2v) is 4.10. The molecule has 0 heterocycles. The fourth-order valence-electron chi connectivity index (χ4n) is 1.57. The molecule has 0 nitrogen and oxygen atoms in total. The van der Waals surface area contributed by atoms with Crippen LogP contribution in [0.1, 0.15) is 31.4 Å². The zero-order chi connectivity index (χ0) is 10.6. The van der Waals surface area contributed by atoms with Gasteiger partial charge in [0.15, 0.2) is 0 Å². The van der Waals surface area contributed by atoms with Crippen molar-refractivity contribution in [2.75, 3.05) is 0 Å². The van der Waals surface area contributed by atoms with Gasteiger partial charge in [-0.15, -0.1) is 0 Å². The monoisotopic (exact) mass is 188 g/mol. The standard InChI is InChI=1S/C14H20/c1-5-12(3)13(4)10-14-8-6-11(2)7-9-14/h6-9,13H,3,5,10H2,1-2,4H3. The molecule has 1 atom stereocenters. The highest BCUT2D eigenvalue weighted by Crippen LogP contribution is 2.17. The van der Waals surface area contributed by atoms with E-state index in [1.807, 2.05) is 0 Å². The molecule has 0 heteroatoms. The van der Waals surface area contributed by atoms with Gasteiger partial charge >= 0.3 is 0 Å². The summed E-state index contributed by atoms with van der Waals surface area (Å²) in [5.41, 5.74) is 4.10. The summed E-state index contributed by atoms with van der Waals surface area (Å²) in [6.45, 7) is 10.6. The Labute approximate surface area is 87.7 Å². The molecule has 0 aliphatic heterocycles. The first-order valence-corrected chi connectivity index (χ1v) is 5.36. The van der Waals surface area contributed by atoms with Crippen molar-refractivity contribution in [3.63, 3.8) is 0 Å². The Bertz CT molecular complexity index is 292. The van der Waals surface area contributed by atoms with E-state index in [2.05, 4.69) is 51.6 Å². The minimum absolute atomic E-state index is 0.600. The average Bonchev–Trinajstić information content (AvgIpc) is 2.20. The van der Waals surface area contributed by atoms with Gasteiger partial charge in [-0.1, -0.05) is 55.8 Å². The Kier molecular flexibility index (Phi) is 3.94. The third-order valence-corrected chi connectivity index (χ3v) is 2.81. The minimum Gasteiger partial charge on any atom is -0.0996 e. The van der Waals surface area contributed by atoms with Crippen molar-refractivity contribution in [2.45, 2.75) is 33.6 Å². The van der Waals surface area contributed by atoms with Gasteiger partial charge in [-0.3, -0.25) is 0 Å². The molecule has 1 rings (SSSR count). The van der Waals surface area contributed by atoms with Crippen LogP contribution >= 0.6 is 0 Å². The molecular formula is C14H20. The van der Waals surface area contributed by atoms with Gasteiger partial charge in [0.1, 0.15) is 0 Å². The zero-order valence-electron chi connectivity index (χ0n) is 9.51. The molecule has 0 N–H and O–H groups in total. The summed E-state index contributed by atoms with van der Waals surface area (Å²) in [7, 11) is 0. The van der Waals surface area contributed by atoms with E-state index in [9.17, 15) is 0 Å². The highest BCUT2D eigenvalue weighted by molar-refractivity contribution is 5.22. The lowest BCUT2D eigenvalue weighted by atomic mass is 9.93. The Hall–Kier alpha value is -1.04. The van der Waals surface area contributed by atoms with Crippen molar-refractivity contribution in [3.05, 3.63) is 47.5 Å². The van der Waals surface area contributed by atoms with E-state index in [4.69, 9.17) is 0 Å². The van der Waals surface area contributed by atoms with Crippen LogP contribution in [0.25, 0.3) is 0 Å². The number of hydrogen-bond acceptors (Lipinski definition) is 0. The van der Waals surface area contributed by atoms with Crippen molar-refractivity contribution in [1.82, 2.24) is 0 Å². The molecule has 1 aromatic rings. The average molecular weight is 188 g/mol. The molecular weight excluding hydrogens is 168 g/mol. The van der Waals surface area contributed by atoms with Crippen molar-refractivity contribution in [2.24, 2.45) is 5.92 Å². The molecule has 0 radical (unpaired) electrons. The van der Waals surface area contributed by atoms with Crippen LogP contribution in [0.4, 0.5) is 0 Å². The third kappa shape index (κ3) is 3.02. The Morgan fingerprint density at radius 2 is 1.86 bits per heavy atom. The van der Waals surface area contributed by atoms with E-state index in [0.717, 1.165) is 12.8 Å². The number of hydrogen-bond donors (Lipinski definition) is 0. The molecule has 76 valence electrons. The van der Waals surface area contributed by atoms with Crippen LogP contribution in [0, 0.1) is 12.8 Å². The van der Waals surface area contributed by atoms with Crippen LogP contribution in [0.15, 0.2) is 36.4 Å². The summed E-state index contributed by atoms with van der Waals surface area (Å²) in [6.07, 6.45) is 2.21. The van der Waals surface area contributed by atoms with E-state index in [-0.39, 0.29) is 0 Å². The fourth-order valence-corrected chi connectivity index (χ4v) is 1.57. The first kappa shape index (κ1) is 11.0. The number of aryl methyl sites for hydroxylation is 1. The predicted molar refractivity (Wildman–Crippen MR) is 63.5 cm³/mol. The van der Waals surface area contributed by atoms with Crippen molar-refractivity contribution < 1.29 is 0 Å². The van der Waals surface area contributed by atoms with Gasteiger partial charge in [-0.2, -0.15) is 0 Å². The normalized spacial score (nSPS) is 12.5. The summed E-state index contributed by atoms with van der Waals surface area (Å²) in [5, 5.41) is 0. The summed E-state index contributed by atoms with van der Waals surface area (Å²) in [5.74, 6) is 0.600. The second kappa shape index (κ2) is 4.99. The Morgan fingerprint density at radius 1 is 1.29 bits per heavy atom. The van der Waals surface area contributed by atoms with Crippen LogP contribution in [0.2, 0.25) is 0 Å². The van der Waals surface area contributed by atoms with E-state index >= 15 is 0 Å². The van der Waals surface area contributed by atoms with Crippen LogP contribution in [-0.2, 0) is 6.42 Å². The van der Waals surface area contributed by atoms with E-state index in [1.165, 1.54) is 16.7 Å². The SMILES string of the molecule is C=C(CC)C(C)Cc1ccc(C)cc1. The lowest BCUT2D eigenvalue weighted by Crippen LogP contribution is -2.01. The first-order valence-electron chi connectivity index (χ1n) is 5.36. The van der Waals surface area contributed by atoms with Gasteiger partial charge in [0.05, 0.1) is 0 Å². The summed E-state index contributed by atoms with van der Waals surface area (Å²) >= 11 is 0. The molecule has 0 aromatic heterocycles. The fraction of sp³-hybridized carbons (Fsp3) is 0.429. The molecule has 14 heavy (non-hydrogen) atoms. The molecule has 0 saturated carbocycles. The molecule has 0 spiro atoms.